The van der Waals surface area contributed by atoms with E-state index >= 15 is 0 Å². The number of benzene rings is 1. The van der Waals surface area contributed by atoms with Gasteiger partial charge in [0.2, 0.25) is 0 Å². The van der Waals surface area contributed by atoms with Crippen molar-refractivity contribution in [1.29, 1.82) is 0 Å². The van der Waals surface area contributed by atoms with Gasteiger partial charge in [0.1, 0.15) is 10.8 Å². The average molecular weight is 353 g/mol. The monoisotopic (exact) mass is 352 g/mol. The molecule has 4 nitrogen and oxygen atoms in total. The van der Waals surface area contributed by atoms with E-state index in [9.17, 15) is 0 Å². The van der Waals surface area contributed by atoms with E-state index in [1.165, 1.54) is 30.0 Å². The zero-order valence-electron chi connectivity index (χ0n) is 14.6. The lowest BCUT2D eigenvalue weighted by Crippen LogP contribution is -2.36. The molecule has 25 heavy (non-hydrogen) atoms. The Bertz CT molecular complexity index is 808. The molecule has 0 radical (unpaired) electrons. The minimum Gasteiger partial charge on any atom is -0.335 e. The van der Waals surface area contributed by atoms with Gasteiger partial charge in [-0.05, 0) is 32.2 Å². The van der Waals surface area contributed by atoms with Gasteiger partial charge in [0, 0.05) is 36.4 Å². The predicted molar refractivity (Wildman–Crippen MR) is 103 cm³/mol. The van der Waals surface area contributed by atoms with Crippen LogP contribution >= 0.6 is 11.3 Å². The summed E-state index contributed by atoms with van der Waals surface area (Å²) in [5.74, 6) is 1.82. The van der Waals surface area contributed by atoms with Crippen molar-refractivity contribution in [1.82, 2.24) is 19.4 Å². The first kappa shape index (κ1) is 16.5. The van der Waals surface area contributed by atoms with Crippen LogP contribution in [0.2, 0.25) is 0 Å². The van der Waals surface area contributed by atoms with Crippen LogP contribution in [0, 0.1) is 12.8 Å². The molecule has 0 aliphatic carbocycles. The number of aryl methyl sites for hydroxylation is 1. The highest BCUT2D eigenvalue weighted by molar-refractivity contribution is 7.09. The molecule has 1 atom stereocenters. The first-order chi connectivity index (χ1) is 12.3. The zero-order chi connectivity index (χ0) is 17.1. The van der Waals surface area contributed by atoms with Gasteiger partial charge in [-0.15, -0.1) is 11.3 Å². The summed E-state index contributed by atoms with van der Waals surface area (Å²) in [5, 5.41) is 3.40. The van der Waals surface area contributed by atoms with Crippen LogP contribution in [0.3, 0.4) is 0 Å². The van der Waals surface area contributed by atoms with Crippen molar-refractivity contribution in [3.8, 4) is 11.3 Å². The number of rotatable bonds is 5. The van der Waals surface area contributed by atoms with Crippen LogP contribution in [0.4, 0.5) is 0 Å². The Labute approximate surface area is 153 Å². The fraction of sp³-hybridized carbons (Fsp3) is 0.400. The molecular formula is C20H24N4S. The minimum atomic E-state index is 0.704. The van der Waals surface area contributed by atoms with E-state index in [1.807, 2.05) is 12.3 Å². The molecule has 1 aromatic carbocycles. The number of piperidine rings is 1. The third-order valence-corrected chi connectivity index (χ3v) is 5.80. The maximum absolute atomic E-state index is 4.85. The third-order valence-electron chi connectivity index (χ3n) is 4.96. The van der Waals surface area contributed by atoms with Crippen LogP contribution in [0.25, 0.3) is 11.3 Å². The lowest BCUT2D eigenvalue weighted by Gasteiger charge is -2.32. The van der Waals surface area contributed by atoms with Gasteiger partial charge < -0.3 is 4.57 Å². The lowest BCUT2D eigenvalue weighted by molar-refractivity contribution is 0.155. The Morgan fingerprint density at radius 1 is 1.24 bits per heavy atom. The van der Waals surface area contributed by atoms with Crippen LogP contribution < -0.4 is 0 Å². The fourth-order valence-corrected chi connectivity index (χ4v) is 4.48. The van der Waals surface area contributed by atoms with E-state index in [1.54, 1.807) is 11.3 Å². The van der Waals surface area contributed by atoms with Crippen LogP contribution in [0.5, 0.6) is 0 Å². The van der Waals surface area contributed by atoms with Crippen LogP contribution in [0.1, 0.15) is 23.7 Å². The molecule has 4 rings (SSSR count). The maximum atomic E-state index is 4.85. The summed E-state index contributed by atoms with van der Waals surface area (Å²) in [7, 11) is 0. The molecule has 1 fully saturated rings. The van der Waals surface area contributed by atoms with E-state index < -0.39 is 0 Å². The molecule has 2 aromatic heterocycles. The Morgan fingerprint density at radius 2 is 2.12 bits per heavy atom. The molecule has 1 aliphatic rings. The Hall–Kier alpha value is -1.98. The molecule has 1 saturated heterocycles. The van der Waals surface area contributed by atoms with E-state index in [2.05, 4.69) is 57.2 Å². The SMILES string of the molecule is Cc1nccn1CC1CCCN(Cc2nc(-c3ccccc3)cs2)C1. The third kappa shape index (κ3) is 3.99. The number of hydrogen-bond donors (Lipinski definition) is 0. The number of hydrogen-bond acceptors (Lipinski definition) is 4. The average Bonchev–Trinajstić information content (AvgIpc) is 3.26. The number of aromatic nitrogens is 3. The predicted octanol–water partition coefficient (Wildman–Crippen LogP) is 4.23. The standard InChI is InChI=1S/C20H24N4S/c1-16-21-9-11-24(16)13-17-6-5-10-23(12-17)14-20-22-19(15-25-20)18-7-3-2-4-8-18/h2-4,7-9,11,15,17H,5-6,10,12-14H2,1H3. The van der Waals surface area contributed by atoms with Crippen LogP contribution in [-0.2, 0) is 13.1 Å². The largest absolute Gasteiger partial charge is 0.335 e. The first-order valence-corrected chi connectivity index (χ1v) is 9.86. The second-order valence-corrected chi connectivity index (χ2v) is 7.81. The van der Waals surface area contributed by atoms with Crippen molar-refractivity contribution in [3.05, 3.63) is 58.9 Å². The molecular weight excluding hydrogens is 328 g/mol. The second-order valence-electron chi connectivity index (χ2n) is 6.86. The molecule has 0 saturated carbocycles. The van der Waals surface area contributed by atoms with E-state index in [4.69, 9.17) is 4.98 Å². The summed E-state index contributed by atoms with van der Waals surface area (Å²) in [6.45, 7) is 6.46. The lowest BCUT2D eigenvalue weighted by atomic mass is 9.98. The van der Waals surface area contributed by atoms with Crippen molar-refractivity contribution in [3.63, 3.8) is 0 Å². The first-order valence-electron chi connectivity index (χ1n) is 8.98. The Kier molecular flexibility index (Phi) is 4.95. The van der Waals surface area contributed by atoms with Crippen LogP contribution in [-0.4, -0.2) is 32.5 Å². The molecule has 3 heterocycles. The smallest absolute Gasteiger partial charge is 0.107 e. The molecule has 1 aliphatic heterocycles. The highest BCUT2D eigenvalue weighted by Gasteiger charge is 2.21. The van der Waals surface area contributed by atoms with Gasteiger partial charge in [0.15, 0.2) is 0 Å². The highest BCUT2D eigenvalue weighted by Crippen LogP contribution is 2.25. The van der Waals surface area contributed by atoms with E-state index in [0.29, 0.717) is 5.92 Å². The summed E-state index contributed by atoms with van der Waals surface area (Å²) >= 11 is 1.78. The van der Waals surface area contributed by atoms with Gasteiger partial charge in [-0.25, -0.2) is 9.97 Å². The Balaban J connectivity index is 1.38. The van der Waals surface area contributed by atoms with Gasteiger partial charge >= 0.3 is 0 Å². The molecule has 0 amide bonds. The molecule has 3 aromatic rings. The van der Waals surface area contributed by atoms with Gasteiger partial charge in [-0.2, -0.15) is 0 Å². The van der Waals surface area contributed by atoms with Crippen molar-refractivity contribution < 1.29 is 0 Å². The normalized spacial score (nSPS) is 18.5. The number of likely N-dealkylation sites (tertiary alicyclic amines) is 1. The highest BCUT2D eigenvalue weighted by atomic mass is 32.1. The van der Waals surface area contributed by atoms with Crippen LogP contribution in [0.15, 0.2) is 48.1 Å². The number of thiazole rings is 1. The molecule has 0 bridgehead atoms. The second kappa shape index (κ2) is 7.50. The van der Waals surface area contributed by atoms with Gasteiger partial charge in [-0.1, -0.05) is 30.3 Å². The summed E-state index contributed by atoms with van der Waals surface area (Å²) < 4.78 is 2.28. The molecule has 130 valence electrons. The van der Waals surface area contributed by atoms with Crippen molar-refractivity contribution in [2.24, 2.45) is 5.92 Å². The topological polar surface area (TPSA) is 34.0 Å². The molecule has 0 N–H and O–H groups in total. The summed E-state index contributed by atoms with van der Waals surface area (Å²) in [4.78, 5) is 11.8. The maximum Gasteiger partial charge on any atom is 0.107 e. The molecule has 0 spiro atoms. The van der Waals surface area contributed by atoms with Crippen molar-refractivity contribution >= 4 is 11.3 Å². The van der Waals surface area contributed by atoms with Gasteiger partial charge in [-0.3, -0.25) is 4.90 Å². The minimum absolute atomic E-state index is 0.704. The summed E-state index contributed by atoms with van der Waals surface area (Å²) in [5.41, 5.74) is 2.31. The Morgan fingerprint density at radius 3 is 2.92 bits per heavy atom. The van der Waals surface area contributed by atoms with Gasteiger partial charge in [0.25, 0.3) is 0 Å². The number of imidazole rings is 1. The van der Waals surface area contributed by atoms with Crippen molar-refractivity contribution in [2.75, 3.05) is 13.1 Å². The number of nitrogens with zero attached hydrogens (tertiary/aromatic N) is 4. The summed E-state index contributed by atoms with van der Waals surface area (Å²) in [6.07, 6.45) is 6.58. The van der Waals surface area contributed by atoms with E-state index in [0.717, 1.165) is 31.2 Å². The van der Waals surface area contributed by atoms with E-state index in [-0.39, 0.29) is 0 Å². The quantitative estimate of drug-likeness (QED) is 0.689. The van der Waals surface area contributed by atoms with Crippen molar-refractivity contribution in [2.45, 2.75) is 32.9 Å². The fourth-order valence-electron chi connectivity index (χ4n) is 3.64. The molecule has 1 unspecified atom stereocenters. The molecule has 5 heteroatoms. The zero-order valence-corrected chi connectivity index (χ0v) is 15.5. The summed E-state index contributed by atoms with van der Waals surface area (Å²) in [6, 6.07) is 10.4. The van der Waals surface area contributed by atoms with Gasteiger partial charge in [0.05, 0.1) is 12.2 Å².